The number of likely N-dealkylation sites (tertiary alicyclic amines) is 2. The average molecular weight is 529 g/mol. The third-order valence-electron chi connectivity index (χ3n) is 7.14. The van der Waals surface area contributed by atoms with Crippen molar-refractivity contribution in [2.75, 3.05) is 39.3 Å². The highest BCUT2D eigenvalue weighted by Gasteiger charge is 2.18. The second-order valence-corrected chi connectivity index (χ2v) is 11.0. The fraction of sp³-hybridized carbons (Fsp3) is 0.935. The molecule has 0 aromatic rings. The van der Waals surface area contributed by atoms with E-state index in [9.17, 15) is 0 Å². The molecule has 2 atom stereocenters. The standard InChI is InChI=1S/C14H29N.C13H27N.2C2H4O2/c1-3-5-6-7-11-15-12-8-10-14(13-15)9-4-2;1-3-5-6-7-10-14-11-8-9-13(4-2)12-14;2*1-2(3)4/h14H,3-13H2,1-2H3;13H,3-12H2,1-2H3;2*1H3,(H,3,4). The summed E-state index contributed by atoms with van der Waals surface area (Å²) < 4.78 is 0. The monoisotopic (exact) mass is 528 g/mol. The van der Waals surface area contributed by atoms with Gasteiger partial charge in [0.1, 0.15) is 0 Å². The summed E-state index contributed by atoms with van der Waals surface area (Å²) in [6.45, 7) is 19.6. The van der Waals surface area contributed by atoms with E-state index in [2.05, 4.69) is 37.5 Å². The zero-order chi connectivity index (χ0) is 28.3. The number of nitrogens with zero attached hydrogens (tertiary/aromatic N) is 2. The van der Waals surface area contributed by atoms with Crippen molar-refractivity contribution in [3.8, 4) is 0 Å². The molecule has 2 unspecified atom stereocenters. The first kappa shape index (κ1) is 38.0. The summed E-state index contributed by atoms with van der Waals surface area (Å²) in [6.07, 6.45) is 21.3. The van der Waals surface area contributed by atoms with E-state index in [1.807, 2.05) is 0 Å². The Morgan fingerprint density at radius 3 is 1.43 bits per heavy atom. The number of aliphatic carboxylic acids is 2. The van der Waals surface area contributed by atoms with E-state index >= 15 is 0 Å². The zero-order valence-electron chi connectivity index (χ0n) is 25.6. The summed E-state index contributed by atoms with van der Waals surface area (Å²) >= 11 is 0. The van der Waals surface area contributed by atoms with Gasteiger partial charge in [0.25, 0.3) is 11.9 Å². The Morgan fingerprint density at radius 2 is 1.05 bits per heavy atom. The summed E-state index contributed by atoms with van der Waals surface area (Å²) in [5, 5.41) is 14.8. The minimum atomic E-state index is -0.833. The van der Waals surface area contributed by atoms with E-state index < -0.39 is 11.9 Å². The van der Waals surface area contributed by atoms with Crippen molar-refractivity contribution in [2.24, 2.45) is 11.8 Å². The van der Waals surface area contributed by atoms with E-state index in [0.717, 1.165) is 25.7 Å². The van der Waals surface area contributed by atoms with Crippen molar-refractivity contribution < 1.29 is 19.8 Å². The first-order valence-electron chi connectivity index (χ1n) is 15.5. The maximum Gasteiger partial charge on any atom is 0.300 e. The molecule has 0 amide bonds. The molecular formula is C31H64N2O4. The van der Waals surface area contributed by atoms with Crippen molar-refractivity contribution >= 4 is 11.9 Å². The first-order chi connectivity index (χ1) is 17.7. The molecular weight excluding hydrogens is 464 g/mol. The second-order valence-electron chi connectivity index (χ2n) is 11.0. The van der Waals surface area contributed by atoms with Gasteiger partial charge in [-0.25, -0.2) is 0 Å². The van der Waals surface area contributed by atoms with Gasteiger partial charge in [-0.15, -0.1) is 0 Å². The SMILES string of the molecule is CC(=O)O.CC(=O)O.CCCCCCN1CCCC(CC)C1.CCCCCCN1CCCC(CCC)C1. The maximum absolute atomic E-state index is 9.00. The predicted octanol–water partition coefficient (Wildman–Crippen LogP) is 7.95. The van der Waals surface area contributed by atoms with Crippen LogP contribution in [0.2, 0.25) is 0 Å². The maximum atomic E-state index is 9.00. The Bertz CT molecular complexity index is 493. The van der Waals surface area contributed by atoms with Crippen LogP contribution < -0.4 is 0 Å². The van der Waals surface area contributed by atoms with Gasteiger partial charge in [-0.3, -0.25) is 9.59 Å². The highest BCUT2D eigenvalue weighted by molar-refractivity contribution is 5.63. The highest BCUT2D eigenvalue weighted by Crippen LogP contribution is 2.21. The summed E-state index contributed by atoms with van der Waals surface area (Å²) in [4.78, 5) is 23.4. The zero-order valence-corrected chi connectivity index (χ0v) is 25.6. The molecule has 0 saturated carbocycles. The summed E-state index contributed by atoms with van der Waals surface area (Å²) in [5.41, 5.74) is 0. The molecule has 6 nitrogen and oxygen atoms in total. The summed E-state index contributed by atoms with van der Waals surface area (Å²) in [6, 6.07) is 0. The molecule has 2 aliphatic heterocycles. The lowest BCUT2D eigenvalue weighted by atomic mass is 9.93. The lowest BCUT2D eigenvalue weighted by molar-refractivity contribution is -0.135. The van der Waals surface area contributed by atoms with Gasteiger partial charge in [0.2, 0.25) is 0 Å². The number of carboxylic acid groups (broad SMARTS) is 2. The lowest BCUT2D eigenvalue weighted by Crippen LogP contribution is -2.35. The Hall–Kier alpha value is -1.14. The van der Waals surface area contributed by atoms with Gasteiger partial charge in [-0.05, 0) is 83.0 Å². The fourth-order valence-corrected chi connectivity index (χ4v) is 5.21. The molecule has 0 aromatic carbocycles. The largest absolute Gasteiger partial charge is 0.481 e. The summed E-state index contributed by atoms with van der Waals surface area (Å²) in [7, 11) is 0. The molecule has 2 heterocycles. The fourth-order valence-electron chi connectivity index (χ4n) is 5.21. The van der Waals surface area contributed by atoms with Gasteiger partial charge in [-0.1, -0.05) is 79.1 Å². The number of piperidine rings is 2. The molecule has 2 rings (SSSR count). The molecule has 2 fully saturated rings. The van der Waals surface area contributed by atoms with Crippen LogP contribution in [-0.2, 0) is 9.59 Å². The molecule has 6 heteroatoms. The van der Waals surface area contributed by atoms with Crippen molar-refractivity contribution in [1.82, 2.24) is 9.80 Å². The van der Waals surface area contributed by atoms with E-state index in [1.165, 1.54) is 136 Å². The topological polar surface area (TPSA) is 81.1 Å². The minimum absolute atomic E-state index is 0.833. The van der Waals surface area contributed by atoms with E-state index in [-0.39, 0.29) is 0 Å². The van der Waals surface area contributed by atoms with Gasteiger partial charge in [0.15, 0.2) is 0 Å². The van der Waals surface area contributed by atoms with E-state index in [4.69, 9.17) is 19.8 Å². The number of rotatable bonds is 13. The number of hydrogen-bond acceptors (Lipinski definition) is 4. The van der Waals surface area contributed by atoms with Crippen LogP contribution >= 0.6 is 0 Å². The minimum Gasteiger partial charge on any atom is -0.481 e. The van der Waals surface area contributed by atoms with Crippen molar-refractivity contribution in [1.29, 1.82) is 0 Å². The molecule has 0 radical (unpaired) electrons. The van der Waals surface area contributed by atoms with Gasteiger partial charge >= 0.3 is 0 Å². The number of hydrogen-bond donors (Lipinski definition) is 2. The quantitative estimate of drug-likeness (QED) is 0.236. The van der Waals surface area contributed by atoms with Gasteiger partial charge < -0.3 is 20.0 Å². The van der Waals surface area contributed by atoms with E-state index in [1.54, 1.807) is 0 Å². The van der Waals surface area contributed by atoms with Crippen LogP contribution in [0.25, 0.3) is 0 Å². The number of carbonyl (C=O) groups is 2. The first-order valence-corrected chi connectivity index (χ1v) is 15.5. The molecule has 0 aromatic heterocycles. The molecule has 222 valence electrons. The van der Waals surface area contributed by atoms with Crippen molar-refractivity contribution in [3.05, 3.63) is 0 Å². The Labute approximate surface area is 230 Å². The van der Waals surface area contributed by atoms with Gasteiger partial charge in [-0.2, -0.15) is 0 Å². The van der Waals surface area contributed by atoms with Gasteiger partial charge in [0, 0.05) is 26.9 Å². The third-order valence-corrected chi connectivity index (χ3v) is 7.14. The molecule has 2 aliphatic rings. The van der Waals surface area contributed by atoms with Crippen LogP contribution in [0.15, 0.2) is 0 Å². The second kappa shape index (κ2) is 27.9. The predicted molar refractivity (Wildman–Crippen MR) is 158 cm³/mol. The Balaban J connectivity index is 0. The molecule has 2 N–H and O–H groups in total. The van der Waals surface area contributed by atoms with Crippen LogP contribution in [0.5, 0.6) is 0 Å². The average Bonchev–Trinajstić information content (AvgIpc) is 2.85. The Kier molecular flexibility index (Phi) is 28.6. The van der Waals surface area contributed by atoms with Crippen molar-refractivity contribution in [2.45, 2.75) is 138 Å². The molecule has 2 saturated heterocycles. The highest BCUT2D eigenvalue weighted by atomic mass is 16.4. The molecule has 37 heavy (non-hydrogen) atoms. The summed E-state index contributed by atoms with van der Waals surface area (Å²) in [5.74, 6) is 0.338. The molecule has 0 bridgehead atoms. The third kappa shape index (κ3) is 29.3. The van der Waals surface area contributed by atoms with Crippen LogP contribution in [0.3, 0.4) is 0 Å². The number of carboxylic acids is 2. The van der Waals surface area contributed by atoms with E-state index in [0.29, 0.717) is 0 Å². The van der Waals surface area contributed by atoms with Crippen LogP contribution in [0, 0.1) is 11.8 Å². The van der Waals surface area contributed by atoms with Gasteiger partial charge in [0.05, 0.1) is 0 Å². The molecule has 0 aliphatic carbocycles. The van der Waals surface area contributed by atoms with Crippen LogP contribution in [0.4, 0.5) is 0 Å². The van der Waals surface area contributed by atoms with Crippen LogP contribution in [0.1, 0.15) is 138 Å². The lowest BCUT2D eigenvalue weighted by Gasteiger charge is -2.32. The normalized spacial score (nSPS) is 19.8. The molecule has 0 spiro atoms. The van der Waals surface area contributed by atoms with Crippen molar-refractivity contribution in [3.63, 3.8) is 0 Å². The Morgan fingerprint density at radius 1 is 0.649 bits per heavy atom. The number of unbranched alkanes of at least 4 members (excludes halogenated alkanes) is 6. The smallest absolute Gasteiger partial charge is 0.300 e. The van der Waals surface area contributed by atoms with Crippen LogP contribution in [-0.4, -0.2) is 71.2 Å².